The number of hydrogen-bond donors (Lipinski definition) is 1. The van der Waals surface area contributed by atoms with Gasteiger partial charge in [0.05, 0.1) is 0 Å². The van der Waals surface area contributed by atoms with Crippen molar-refractivity contribution < 1.29 is 0 Å². The molecule has 0 spiro atoms. The molecule has 0 radical (unpaired) electrons. The number of hydrogen-bond acceptors (Lipinski definition) is 1. The first-order chi connectivity index (χ1) is 9.66. The highest BCUT2D eigenvalue weighted by molar-refractivity contribution is 6.10. The normalized spacial score (nSPS) is 10.9. The molecule has 0 atom stereocenters. The molecular weight excluding hydrogens is 244 g/mol. The summed E-state index contributed by atoms with van der Waals surface area (Å²) in [4.78, 5) is 0. The number of aryl methyl sites for hydroxylation is 2. The van der Waals surface area contributed by atoms with Crippen molar-refractivity contribution >= 4 is 16.6 Å². The predicted molar refractivity (Wildman–Crippen MR) is 84.6 cm³/mol. The van der Waals surface area contributed by atoms with Crippen molar-refractivity contribution in [3.8, 4) is 0 Å². The summed E-state index contributed by atoms with van der Waals surface area (Å²) in [7, 11) is 2.03. The Kier molecular flexibility index (Phi) is 3.15. The van der Waals surface area contributed by atoms with Crippen LogP contribution in [0.5, 0.6) is 0 Å². The zero-order chi connectivity index (χ0) is 14.1. The van der Waals surface area contributed by atoms with Gasteiger partial charge in [0.1, 0.15) is 0 Å². The number of para-hydroxylation sites is 1. The Morgan fingerprint density at radius 1 is 1.05 bits per heavy atom. The summed E-state index contributed by atoms with van der Waals surface area (Å²) >= 11 is 0. The summed E-state index contributed by atoms with van der Waals surface area (Å²) in [5.41, 5.74) is 5.36. The summed E-state index contributed by atoms with van der Waals surface area (Å²) in [6.07, 6.45) is 2.74. The summed E-state index contributed by atoms with van der Waals surface area (Å²) in [6.45, 7) is 2.10. The van der Waals surface area contributed by atoms with Gasteiger partial charge in [-0.25, -0.2) is 0 Å². The summed E-state index contributed by atoms with van der Waals surface area (Å²) in [5, 5.41) is 9.61. The first-order valence-corrected chi connectivity index (χ1v) is 6.83. The minimum Gasteiger partial charge on any atom is -0.350 e. The van der Waals surface area contributed by atoms with Crippen molar-refractivity contribution in [2.75, 3.05) is 0 Å². The SMILES string of the molecule is Cc1ccccc1CC(=N)c1cn(C)c2ccccc12. The maximum absolute atomic E-state index is 8.45. The topological polar surface area (TPSA) is 28.8 Å². The molecule has 0 amide bonds. The van der Waals surface area contributed by atoms with Crippen molar-refractivity contribution in [3.63, 3.8) is 0 Å². The molecule has 2 aromatic carbocycles. The van der Waals surface area contributed by atoms with E-state index in [1.807, 2.05) is 31.3 Å². The van der Waals surface area contributed by atoms with Crippen molar-refractivity contribution in [1.82, 2.24) is 4.57 Å². The molecule has 0 fully saturated rings. The molecule has 1 heterocycles. The fourth-order valence-electron chi connectivity index (χ4n) is 2.68. The van der Waals surface area contributed by atoms with Crippen LogP contribution in [-0.4, -0.2) is 10.3 Å². The lowest BCUT2D eigenvalue weighted by Gasteiger charge is -2.06. The molecule has 1 N–H and O–H groups in total. The van der Waals surface area contributed by atoms with Crippen LogP contribution in [0.4, 0.5) is 0 Å². The molecule has 0 aliphatic rings. The first kappa shape index (κ1) is 12.7. The summed E-state index contributed by atoms with van der Waals surface area (Å²) in [5.74, 6) is 0. The molecule has 2 nitrogen and oxygen atoms in total. The molecule has 100 valence electrons. The molecule has 3 rings (SSSR count). The van der Waals surface area contributed by atoms with Crippen LogP contribution in [-0.2, 0) is 13.5 Å². The van der Waals surface area contributed by atoms with E-state index in [-0.39, 0.29) is 0 Å². The Labute approximate surface area is 119 Å². The van der Waals surface area contributed by atoms with Crippen LogP contribution in [0.3, 0.4) is 0 Å². The van der Waals surface area contributed by atoms with Crippen LogP contribution in [0.25, 0.3) is 10.9 Å². The van der Waals surface area contributed by atoms with Gasteiger partial charge in [-0.05, 0) is 24.1 Å². The highest BCUT2D eigenvalue weighted by Crippen LogP contribution is 2.22. The maximum Gasteiger partial charge on any atom is 0.0484 e. The average Bonchev–Trinajstić information content (AvgIpc) is 2.79. The van der Waals surface area contributed by atoms with Crippen molar-refractivity contribution in [2.45, 2.75) is 13.3 Å². The van der Waals surface area contributed by atoms with Crippen molar-refractivity contribution in [2.24, 2.45) is 7.05 Å². The second kappa shape index (κ2) is 4.97. The summed E-state index contributed by atoms with van der Waals surface area (Å²) < 4.78 is 2.09. The number of nitrogens with one attached hydrogen (secondary N) is 1. The lowest BCUT2D eigenvalue weighted by atomic mass is 9.99. The summed E-state index contributed by atoms with van der Waals surface area (Å²) in [6, 6.07) is 16.6. The fraction of sp³-hybridized carbons (Fsp3) is 0.167. The van der Waals surface area contributed by atoms with Crippen LogP contribution in [0.2, 0.25) is 0 Å². The van der Waals surface area contributed by atoms with Gasteiger partial charge in [-0.2, -0.15) is 0 Å². The molecule has 0 aliphatic heterocycles. The van der Waals surface area contributed by atoms with E-state index < -0.39 is 0 Å². The Bertz CT molecular complexity index is 781. The zero-order valence-corrected chi connectivity index (χ0v) is 11.9. The van der Waals surface area contributed by atoms with E-state index in [9.17, 15) is 0 Å². The maximum atomic E-state index is 8.45. The Balaban J connectivity index is 2.00. The van der Waals surface area contributed by atoms with Gasteiger partial charge in [-0.15, -0.1) is 0 Å². The molecule has 0 bridgehead atoms. The molecule has 0 unspecified atom stereocenters. The van der Waals surface area contributed by atoms with E-state index >= 15 is 0 Å². The lowest BCUT2D eigenvalue weighted by Crippen LogP contribution is -2.04. The Morgan fingerprint density at radius 2 is 1.75 bits per heavy atom. The van der Waals surface area contributed by atoms with Gasteiger partial charge < -0.3 is 9.98 Å². The van der Waals surface area contributed by atoms with Gasteiger partial charge in [0, 0.05) is 41.8 Å². The molecule has 0 saturated heterocycles. The van der Waals surface area contributed by atoms with Crippen LogP contribution < -0.4 is 0 Å². The highest BCUT2D eigenvalue weighted by atomic mass is 14.9. The Hall–Kier alpha value is -2.35. The third-order valence-electron chi connectivity index (χ3n) is 3.85. The standard InChI is InChI=1S/C18H18N2/c1-13-7-3-4-8-14(13)11-17(19)16-12-20(2)18-10-6-5-9-15(16)18/h3-10,12,19H,11H2,1-2H3. The van der Waals surface area contributed by atoms with Crippen LogP contribution in [0.1, 0.15) is 16.7 Å². The van der Waals surface area contributed by atoms with Crippen LogP contribution in [0.15, 0.2) is 54.7 Å². The lowest BCUT2D eigenvalue weighted by molar-refractivity contribution is 0.967. The van der Waals surface area contributed by atoms with E-state index in [1.165, 1.54) is 16.6 Å². The zero-order valence-electron chi connectivity index (χ0n) is 11.9. The third kappa shape index (κ3) is 2.14. The molecule has 2 heteroatoms. The number of nitrogens with zero attached hydrogens (tertiary/aromatic N) is 1. The van der Waals surface area contributed by atoms with Gasteiger partial charge in [0.2, 0.25) is 0 Å². The molecule has 0 saturated carbocycles. The minimum absolute atomic E-state index is 0.677. The second-order valence-electron chi connectivity index (χ2n) is 5.25. The quantitative estimate of drug-likeness (QED) is 0.689. The number of aromatic nitrogens is 1. The fourth-order valence-corrected chi connectivity index (χ4v) is 2.68. The average molecular weight is 262 g/mol. The number of benzene rings is 2. The van der Waals surface area contributed by atoms with Crippen LogP contribution in [0, 0.1) is 12.3 Å². The minimum atomic E-state index is 0.677. The van der Waals surface area contributed by atoms with Crippen molar-refractivity contribution in [3.05, 3.63) is 71.4 Å². The Morgan fingerprint density at radius 3 is 2.55 bits per heavy atom. The van der Waals surface area contributed by atoms with Gasteiger partial charge in [-0.1, -0.05) is 42.5 Å². The smallest absolute Gasteiger partial charge is 0.0484 e. The van der Waals surface area contributed by atoms with Gasteiger partial charge in [0.15, 0.2) is 0 Å². The predicted octanol–water partition coefficient (Wildman–Crippen LogP) is 4.10. The van der Waals surface area contributed by atoms with E-state index in [0.29, 0.717) is 12.1 Å². The van der Waals surface area contributed by atoms with Crippen LogP contribution >= 0.6 is 0 Å². The van der Waals surface area contributed by atoms with Gasteiger partial charge in [-0.3, -0.25) is 0 Å². The van der Waals surface area contributed by atoms with E-state index in [2.05, 4.69) is 42.0 Å². The molecule has 3 aromatic rings. The highest BCUT2D eigenvalue weighted by Gasteiger charge is 2.11. The van der Waals surface area contributed by atoms with E-state index in [0.717, 1.165) is 10.9 Å². The molecular formula is C18H18N2. The number of fused-ring (bicyclic) bond motifs is 1. The van der Waals surface area contributed by atoms with E-state index in [1.54, 1.807) is 0 Å². The largest absolute Gasteiger partial charge is 0.350 e. The molecule has 1 aromatic heterocycles. The monoisotopic (exact) mass is 262 g/mol. The second-order valence-corrected chi connectivity index (χ2v) is 5.25. The first-order valence-electron chi connectivity index (χ1n) is 6.83. The third-order valence-corrected chi connectivity index (χ3v) is 3.85. The van der Waals surface area contributed by atoms with E-state index in [4.69, 9.17) is 5.41 Å². The van der Waals surface area contributed by atoms with Gasteiger partial charge >= 0.3 is 0 Å². The van der Waals surface area contributed by atoms with Crippen molar-refractivity contribution in [1.29, 1.82) is 5.41 Å². The molecule has 20 heavy (non-hydrogen) atoms. The molecule has 0 aliphatic carbocycles. The van der Waals surface area contributed by atoms with Gasteiger partial charge in [0.25, 0.3) is 0 Å². The number of rotatable bonds is 3.